The van der Waals surface area contributed by atoms with E-state index in [1.807, 2.05) is 0 Å². The third-order valence-electron chi connectivity index (χ3n) is 6.79. The van der Waals surface area contributed by atoms with Crippen LogP contribution in [0, 0.1) is 0 Å². The standard InChI is InChI=1S/C30H60NO8P/c1-3-5-7-9-11-12-13-14-15-17-18-20-22-29(33)31-24-25-38-40(35,36)39-27-28(32)26-37-30(34)23-21-19-16-10-8-6-4-2/h28,32H,3-27H2,1-2H3,(H,31,33)(H,35,36). The van der Waals surface area contributed by atoms with E-state index in [2.05, 4.69) is 19.2 Å². The van der Waals surface area contributed by atoms with Crippen molar-refractivity contribution < 1.29 is 37.9 Å². The molecule has 0 saturated heterocycles. The van der Waals surface area contributed by atoms with Gasteiger partial charge in [0.15, 0.2) is 0 Å². The molecule has 10 heteroatoms. The van der Waals surface area contributed by atoms with Crippen molar-refractivity contribution in [2.45, 2.75) is 155 Å². The highest BCUT2D eigenvalue weighted by Crippen LogP contribution is 2.42. The molecule has 0 rings (SSSR count). The summed E-state index contributed by atoms with van der Waals surface area (Å²) < 4.78 is 26.5. The van der Waals surface area contributed by atoms with Gasteiger partial charge < -0.3 is 20.1 Å². The van der Waals surface area contributed by atoms with Crippen molar-refractivity contribution in [1.29, 1.82) is 0 Å². The van der Waals surface area contributed by atoms with Crippen molar-refractivity contribution in [1.82, 2.24) is 5.32 Å². The van der Waals surface area contributed by atoms with E-state index in [-0.39, 0.29) is 32.1 Å². The van der Waals surface area contributed by atoms with Gasteiger partial charge in [-0.1, -0.05) is 123 Å². The molecule has 0 saturated carbocycles. The molecule has 2 unspecified atom stereocenters. The minimum atomic E-state index is -4.39. The van der Waals surface area contributed by atoms with E-state index < -0.39 is 26.5 Å². The lowest BCUT2D eigenvalue weighted by Crippen LogP contribution is -2.27. The minimum Gasteiger partial charge on any atom is -0.463 e. The van der Waals surface area contributed by atoms with Gasteiger partial charge in [-0.15, -0.1) is 0 Å². The molecule has 0 aromatic heterocycles. The average molecular weight is 594 g/mol. The maximum Gasteiger partial charge on any atom is 0.472 e. The number of rotatable bonds is 30. The molecule has 238 valence electrons. The van der Waals surface area contributed by atoms with E-state index in [0.29, 0.717) is 6.42 Å². The van der Waals surface area contributed by atoms with Crippen LogP contribution in [0.2, 0.25) is 0 Å². The van der Waals surface area contributed by atoms with E-state index in [0.717, 1.165) is 38.5 Å². The topological polar surface area (TPSA) is 131 Å². The summed E-state index contributed by atoms with van der Waals surface area (Å²) in [6.07, 6.45) is 21.9. The largest absolute Gasteiger partial charge is 0.472 e. The summed E-state index contributed by atoms with van der Waals surface area (Å²) in [4.78, 5) is 33.4. The molecular weight excluding hydrogens is 533 g/mol. The molecule has 0 aliphatic rings. The normalized spacial score (nSPS) is 13.6. The van der Waals surface area contributed by atoms with Crippen molar-refractivity contribution in [3.05, 3.63) is 0 Å². The zero-order valence-electron chi connectivity index (χ0n) is 25.5. The zero-order valence-corrected chi connectivity index (χ0v) is 26.4. The van der Waals surface area contributed by atoms with Crippen LogP contribution in [0.25, 0.3) is 0 Å². The molecule has 0 bridgehead atoms. The maximum atomic E-state index is 11.9. The van der Waals surface area contributed by atoms with Crippen LogP contribution < -0.4 is 5.32 Å². The first-order valence-electron chi connectivity index (χ1n) is 16.0. The smallest absolute Gasteiger partial charge is 0.463 e. The molecule has 40 heavy (non-hydrogen) atoms. The molecule has 0 spiro atoms. The fraction of sp³-hybridized carbons (Fsp3) is 0.933. The van der Waals surface area contributed by atoms with Gasteiger partial charge in [-0.2, -0.15) is 0 Å². The van der Waals surface area contributed by atoms with Crippen molar-refractivity contribution in [3.8, 4) is 0 Å². The van der Waals surface area contributed by atoms with Gasteiger partial charge >= 0.3 is 13.8 Å². The minimum absolute atomic E-state index is 0.0871. The summed E-state index contributed by atoms with van der Waals surface area (Å²) in [6.45, 7) is 3.48. The Morgan fingerprint density at radius 2 is 1.12 bits per heavy atom. The number of carbonyl (C=O) groups is 2. The number of aliphatic hydroxyl groups is 1. The molecule has 0 aliphatic heterocycles. The molecular formula is C30H60NO8P. The molecule has 0 radical (unpaired) electrons. The number of carbonyl (C=O) groups excluding carboxylic acids is 2. The highest BCUT2D eigenvalue weighted by Gasteiger charge is 2.23. The van der Waals surface area contributed by atoms with Crippen LogP contribution in [0.3, 0.4) is 0 Å². The summed E-state index contributed by atoms with van der Waals surface area (Å²) >= 11 is 0. The molecule has 0 aromatic carbocycles. The summed E-state index contributed by atoms with van der Waals surface area (Å²) in [7, 11) is -4.39. The van der Waals surface area contributed by atoms with Crippen molar-refractivity contribution >= 4 is 19.7 Å². The number of ether oxygens (including phenoxy) is 1. The predicted molar refractivity (Wildman–Crippen MR) is 160 cm³/mol. The second-order valence-corrected chi connectivity index (χ2v) is 12.2. The first-order valence-corrected chi connectivity index (χ1v) is 17.5. The van der Waals surface area contributed by atoms with Gasteiger partial charge in [0.25, 0.3) is 0 Å². The number of phosphoric ester groups is 1. The quantitative estimate of drug-likeness (QED) is 0.0447. The van der Waals surface area contributed by atoms with Gasteiger partial charge in [0.2, 0.25) is 5.91 Å². The van der Waals surface area contributed by atoms with Crippen LogP contribution >= 0.6 is 7.82 Å². The Hall–Kier alpha value is -0.990. The molecule has 9 nitrogen and oxygen atoms in total. The Kier molecular flexibility index (Phi) is 27.4. The van der Waals surface area contributed by atoms with Gasteiger partial charge in [0, 0.05) is 19.4 Å². The molecule has 3 N–H and O–H groups in total. The Morgan fingerprint density at radius 1 is 0.675 bits per heavy atom. The number of nitrogens with one attached hydrogen (secondary N) is 1. The monoisotopic (exact) mass is 593 g/mol. The lowest BCUT2D eigenvalue weighted by atomic mass is 10.0. The van der Waals surface area contributed by atoms with E-state index in [1.54, 1.807) is 0 Å². The highest BCUT2D eigenvalue weighted by atomic mass is 31.2. The van der Waals surface area contributed by atoms with E-state index in [4.69, 9.17) is 13.8 Å². The maximum absolute atomic E-state index is 11.9. The van der Waals surface area contributed by atoms with Crippen LogP contribution in [0.4, 0.5) is 0 Å². The number of hydrogen-bond acceptors (Lipinski definition) is 7. The number of unbranched alkanes of at least 4 members (excludes halogenated alkanes) is 17. The van der Waals surface area contributed by atoms with Crippen molar-refractivity contribution in [2.75, 3.05) is 26.4 Å². The molecule has 0 fully saturated rings. The van der Waals surface area contributed by atoms with Gasteiger partial charge in [0.1, 0.15) is 12.7 Å². The van der Waals surface area contributed by atoms with Crippen LogP contribution in [-0.4, -0.2) is 54.3 Å². The summed E-state index contributed by atoms with van der Waals surface area (Å²) in [6, 6.07) is 0. The molecule has 1 amide bonds. The average Bonchev–Trinajstić information content (AvgIpc) is 2.93. The second kappa shape index (κ2) is 28.1. The lowest BCUT2D eigenvalue weighted by molar-refractivity contribution is -0.147. The zero-order chi connectivity index (χ0) is 29.7. The lowest BCUT2D eigenvalue weighted by Gasteiger charge is -2.15. The predicted octanol–water partition coefficient (Wildman–Crippen LogP) is 7.37. The van der Waals surface area contributed by atoms with Crippen LogP contribution in [-0.2, 0) is 27.9 Å². The number of hydrogen-bond donors (Lipinski definition) is 3. The van der Waals surface area contributed by atoms with Crippen LogP contribution in [0.5, 0.6) is 0 Å². The van der Waals surface area contributed by atoms with Gasteiger partial charge in [0.05, 0.1) is 13.2 Å². The Balaban J connectivity index is 3.63. The molecule has 0 heterocycles. The number of phosphoric acid groups is 1. The first kappa shape index (κ1) is 39.0. The third kappa shape index (κ3) is 28.5. The Labute approximate surface area is 244 Å². The SMILES string of the molecule is CCCCCCCCCCCCCCC(=O)NCCOP(=O)(O)OCC(O)COC(=O)CCCCCCCCC. The summed E-state index contributed by atoms with van der Waals surface area (Å²) in [5.41, 5.74) is 0. The van der Waals surface area contributed by atoms with Crippen molar-refractivity contribution in [2.24, 2.45) is 0 Å². The second-order valence-electron chi connectivity index (χ2n) is 10.8. The van der Waals surface area contributed by atoms with Gasteiger partial charge in [-0.25, -0.2) is 4.57 Å². The Morgan fingerprint density at radius 3 is 1.62 bits per heavy atom. The number of esters is 1. The van der Waals surface area contributed by atoms with E-state index in [9.17, 15) is 24.2 Å². The highest BCUT2D eigenvalue weighted by molar-refractivity contribution is 7.47. The first-order chi connectivity index (χ1) is 19.3. The third-order valence-corrected chi connectivity index (χ3v) is 7.77. The number of aliphatic hydroxyl groups excluding tert-OH is 1. The van der Waals surface area contributed by atoms with E-state index in [1.165, 1.54) is 83.5 Å². The summed E-state index contributed by atoms with van der Waals surface area (Å²) in [5.74, 6) is -0.520. The van der Waals surface area contributed by atoms with Gasteiger partial charge in [-0.3, -0.25) is 18.6 Å². The van der Waals surface area contributed by atoms with Crippen LogP contribution in [0.1, 0.15) is 149 Å². The van der Waals surface area contributed by atoms with Crippen LogP contribution in [0.15, 0.2) is 0 Å². The molecule has 2 atom stereocenters. The molecule has 0 aliphatic carbocycles. The Bertz CT molecular complexity index is 649. The summed E-state index contributed by atoms with van der Waals surface area (Å²) in [5, 5.41) is 12.5. The van der Waals surface area contributed by atoms with Crippen molar-refractivity contribution in [3.63, 3.8) is 0 Å². The fourth-order valence-corrected chi connectivity index (χ4v) is 5.08. The number of amides is 1. The van der Waals surface area contributed by atoms with E-state index >= 15 is 0 Å². The fourth-order valence-electron chi connectivity index (χ4n) is 4.32. The van der Waals surface area contributed by atoms with Gasteiger partial charge in [-0.05, 0) is 12.8 Å². The molecule has 0 aromatic rings.